The van der Waals surface area contributed by atoms with Crippen molar-refractivity contribution in [2.75, 3.05) is 30.2 Å². The zero-order valence-corrected chi connectivity index (χ0v) is 13.1. The molecule has 0 saturated carbocycles. The minimum Gasteiger partial charge on any atom is -0.379 e. The van der Waals surface area contributed by atoms with Crippen molar-refractivity contribution in [2.45, 2.75) is 6.92 Å². The van der Waals surface area contributed by atoms with Gasteiger partial charge in [-0.3, -0.25) is 4.72 Å². The van der Waals surface area contributed by atoms with Gasteiger partial charge >= 0.3 is 0 Å². The third kappa shape index (κ3) is 5.09. The summed E-state index contributed by atoms with van der Waals surface area (Å²) in [5.41, 5.74) is 6.78. The molecule has 0 fully saturated rings. The highest BCUT2D eigenvalue weighted by atomic mass is 127. The van der Waals surface area contributed by atoms with Gasteiger partial charge in [-0.2, -0.15) is 0 Å². The van der Waals surface area contributed by atoms with Crippen molar-refractivity contribution >= 4 is 38.3 Å². The largest absolute Gasteiger partial charge is 0.379 e. The van der Waals surface area contributed by atoms with Gasteiger partial charge in [0.2, 0.25) is 10.0 Å². The first kappa shape index (κ1) is 15.7. The van der Waals surface area contributed by atoms with Crippen molar-refractivity contribution < 1.29 is 13.2 Å². The van der Waals surface area contributed by atoms with E-state index < -0.39 is 10.0 Å². The number of rotatable bonds is 7. The van der Waals surface area contributed by atoms with Crippen LogP contribution in [0.2, 0.25) is 0 Å². The number of nitrogens with two attached hydrogens (primary N) is 1. The molecule has 0 heterocycles. The number of hydrogen-bond acceptors (Lipinski definition) is 4. The molecular weight excluding hydrogens is 367 g/mol. The van der Waals surface area contributed by atoms with E-state index in [0.29, 0.717) is 18.8 Å². The number of sulfonamides is 1. The van der Waals surface area contributed by atoms with Crippen molar-refractivity contribution in [3.63, 3.8) is 0 Å². The molecule has 102 valence electrons. The fourth-order valence-corrected chi connectivity index (χ4v) is 2.78. The van der Waals surface area contributed by atoms with Crippen LogP contribution >= 0.6 is 22.6 Å². The van der Waals surface area contributed by atoms with E-state index >= 15 is 0 Å². The van der Waals surface area contributed by atoms with Crippen LogP contribution in [0.15, 0.2) is 18.2 Å². The van der Waals surface area contributed by atoms with Crippen molar-refractivity contribution in [3.05, 3.63) is 27.3 Å². The van der Waals surface area contributed by atoms with Crippen LogP contribution in [0, 0.1) is 10.5 Å². The summed E-state index contributed by atoms with van der Waals surface area (Å²) in [6, 6.07) is 5.49. The van der Waals surface area contributed by atoms with Crippen LogP contribution in [0.1, 0.15) is 5.56 Å². The SMILES string of the molecule is Cc1c(I)cccc1NS(=O)(=O)CCOCCN. The summed E-state index contributed by atoms with van der Waals surface area (Å²) in [5.74, 6) is -0.0715. The summed E-state index contributed by atoms with van der Waals surface area (Å²) >= 11 is 2.17. The molecule has 0 atom stereocenters. The predicted molar refractivity (Wildman–Crippen MR) is 81.2 cm³/mol. The molecule has 1 rings (SSSR count). The highest BCUT2D eigenvalue weighted by molar-refractivity contribution is 14.1. The first-order valence-corrected chi connectivity index (χ1v) is 8.23. The highest BCUT2D eigenvalue weighted by Gasteiger charge is 2.12. The van der Waals surface area contributed by atoms with E-state index in [1.807, 2.05) is 19.1 Å². The Morgan fingerprint density at radius 2 is 2.11 bits per heavy atom. The van der Waals surface area contributed by atoms with Crippen LogP contribution in [0.4, 0.5) is 5.69 Å². The Balaban J connectivity index is 2.62. The first-order valence-electron chi connectivity index (χ1n) is 5.49. The van der Waals surface area contributed by atoms with Crippen molar-refractivity contribution in [3.8, 4) is 0 Å². The molecule has 0 amide bonds. The van der Waals surface area contributed by atoms with Gasteiger partial charge in [-0.1, -0.05) is 6.07 Å². The Kier molecular flexibility index (Phi) is 6.33. The number of nitrogens with one attached hydrogen (secondary N) is 1. The third-order valence-electron chi connectivity index (χ3n) is 2.29. The van der Waals surface area contributed by atoms with Crippen molar-refractivity contribution in [1.29, 1.82) is 0 Å². The molecule has 7 heteroatoms. The molecule has 1 aromatic rings. The van der Waals surface area contributed by atoms with E-state index in [-0.39, 0.29) is 12.4 Å². The Morgan fingerprint density at radius 3 is 2.78 bits per heavy atom. The fourth-order valence-electron chi connectivity index (χ4n) is 1.29. The van der Waals surface area contributed by atoms with E-state index in [4.69, 9.17) is 10.5 Å². The van der Waals surface area contributed by atoms with E-state index in [1.165, 1.54) is 0 Å². The molecule has 1 aromatic carbocycles. The third-order valence-corrected chi connectivity index (χ3v) is 4.70. The van der Waals surface area contributed by atoms with Gasteiger partial charge in [-0.15, -0.1) is 0 Å². The van der Waals surface area contributed by atoms with E-state index in [0.717, 1.165) is 9.13 Å². The summed E-state index contributed by atoms with van der Waals surface area (Å²) in [6.07, 6.45) is 0. The number of hydrogen-bond donors (Lipinski definition) is 2. The van der Waals surface area contributed by atoms with Gasteiger partial charge in [0.1, 0.15) is 0 Å². The second-order valence-electron chi connectivity index (χ2n) is 3.73. The smallest absolute Gasteiger partial charge is 0.235 e. The van der Waals surface area contributed by atoms with E-state index in [2.05, 4.69) is 27.3 Å². The lowest BCUT2D eigenvalue weighted by molar-refractivity contribution is 0.157. The Morgan fingerprint density at radius 1 is 1.39 bits per heavy atom. The van der Waals surface area contributed by atoms with Gasteiger partial charge < -0.3 is 10.5 Å². The van der Waals surface area contributed by atoms with Crippen molar-refractivity contribution in [1.82, 2.24) is 0 Å². The molecule has 0 radical (unpaired) electrons. The molecule has 0 saturated heterocycles. The maximum Gasteiger partial charge on any atom is 0.235 e. The van der Waals surface area contributed by atoms with Crippen LogP contribution < -0.4 is 10.5 Å². The monoisotopic (exact) mass is 384 g/mol. The Labute approximate surface area is 121 Å². The summed E-state index contributed by atoms with van der Waals surface area (Å²) < 4.78 is 32.2. The highest BCUT2D eigenvalue weighted by Crippen LogP contribution is 2.21. The number of halogens is 1. The van der Waals surface area contributed by atoms with Crippen LogP contribution in [-0.2, 0) is 14.8 Å². The van der Waals surface area contributed by atoms with Crippen LogP contribution in [-0.4, -0.2) is 33.9 Å². The average Bonchev–Trinajstić information content (AvgIpc) is 2.31. The predicted octanol–water partition coefficient (Wildman–Crippen LogP) is 1.32. The Hall–Kier alpha value is -0.380. The zero-order valence-electron chi connectivity index (χ0n) is 10.1. The van der Waals surface area contributed by atoms with E-state index in [1.54, 1.807) is 6.07 Å². The van der Waals surface area contributed by atoms with Gasteiger partial charge in [-0.25, -0.2) is 8.42 Å². The maximum atomic E-state index is 11.8. The second kappa shape index (κ2) is 7.27. The number of ether oxygens (including phenoxy) is 1. The minimum atomic E-state index is -3.37. The molecule has 0 aliphatic heterocycles. The van der Waals surface area contributed by atoms with Gasteiger partial charge in [0.25, 0.3) is 0 Å². The van der Waals surface area contributed by atoms with Crippen LogP contribution in [0.5, 0.6) is 0 Å². The lowest BCUT2D eigenvalue weighted by Gasteiger charge is -2.11. The number of anilines is 1. The summed E-state index contributed by atoms with van der Waals surface area (Å²) in [5, 5.41) is 0. The van der Waals surface area contributed by atoms with Gasteiger partial charge in [0, 0.05) is 10.1 Å². The molecule has 0 bridgehead atoms. The molecular formula is C11H17IN2O3S. The minimum absolute atomic E-state index is 0.0715. The van der Waals surface area contributed by atoms with E-state index in [9.17, 15) is 8.42 Å². The molecule has 0 spiro atoms. The lowest BCUT2D eigenvalue weighted by Crippen LogP contribution is -2.22. The van der Waals surface area contributed by atoms with Gasteiger partial charge in [0.15, 0.2) is 0 Å². The summed E-state index contributed by atoms with van der Waals surface area (Å²) in [6.45, 7) is 2.79. The lowest BCUT2D eigenvalue weighted by atomic mass is 10.2. The van der Waals surface area contributed by atoms with Crippen molar-refractivity contribution in [2.24, 2.45) is 5.73 Å². The topological polar surface area (TPSA) is 81.4 Å². The zero-order chi connectivity index (χ0) is 13.6. The van der Waals surface area contributed by atoms with Gasteiger partial charge in [-0.05, 0) is 47.2 Å². The molecule has 5 nitrogen and oxygen atoms in total. The molecule has 0 unspecified atom stereocenters. The molecule has 18 heavy (non-hydrogen) atoms. The van der Waals surface area contributed by atoms with Crippen LogP contribution in [0.25, 0.3) is 0 Å². The van der Waals surface area contributed by atoms with Gasteiger partial charge in [0.05, 0.1) is 24.7 Å². The summed E-state index contributed by atoms with van der Waals surface area (Å²) in [4.78, 5) is 0. The number of benzene rings is 1. The molecule has 0 aliphatic rings. The fraction of sp³-hybridized carbons (Fsp3) is 0.455. The quantitative estimate of drug-likeness (QED) is 0.549. The summed E-state index contributed by atoms with van der Waals surface area (Å²) in [7, 11) is -3.37. The Bertz CT molecular complexity index is 491. The normalized spacial score (nSPS) is 11.5. The second-order valence-corrected chi connectivity index (χ2v) is 6.74. The first-order chi connectivity index (χ1) is 8.46. The standard InChI is InChI=1S/C11H17IN2O3S/c1-9-10(12)3-2-4-11(9)14-18(15,16)8-7-17-6-5-13/h2-4,14H,5-8,13H2,1H3. The maximum absolute atomic E-state index is 11.8. The average molecular weight is 384 g/mol. The molecule has 0 aromatic heterocycles. The van der Waals surface area contributed by atoms with Crippen LogP contribution in [0.3, 0.4) is 0 Å². The molecule has 3 N–H and O–H groups in total. The molecule has 0 aliphatic carbocycles.